The first-order valence-electron chi connectivity index (χ1n) is 4.27. The van der Waals surface area contributed by atoms with E-state index in [4.69, 9.17) is 0 Å². The smallest absolute Gasteiger partial charge is 0.0167 e. The van der Waals surface area contributed by atoms with Crippen LogP contribution in [0.3, 0.4) is 0 Å². The van der Waals surface area contributed by atoms with Crippen LogP contribution in [0.5, 0.6) is 0 Å². The zero-order valence-electron chi connectivity index (χ0n) is 8.78. The summed E-state index contributed by atoms with van der Waals surface area (Å²) in [7, 11) is 3.75. The monoisotopic (exact) mass is 147 g/mol. The van der Waals surface area contributed by atoms with E-state index in [0.29, 0.717) is 0 Å². The third-order valence-corrected chi connectivity index (χ3v) is 0.816. The standard InChI is InChI=1S/C5H12.C2H7N.C2H6/c1-4-5(2)3;1-3-2;1-2/h5H,4H2,1-3H3;3H,1-2H3;1-2H3. The fraction of sp³-hybridized carbons (Fsp3) is 1.00. The maximum atomic E-state index is 2.75. The second kappa shape index (κ2) is 23.1. The first kappa shape index (κ1) is 16.5. The van der Waals surface area contributed by atoms with Crippen molar-refractivity contribution in [2.45, 2.75) is 41.0 Å². The first-order valence-corrected chi connectivity index (χ1v) is 4.27. The third-order valence-electron chi connectivity index (χ3n) is 0.816. The highest BCUT2D eigenvalue weighted by molar-refractivity contribution is 4.32. The predicted molar refractivity (Wildman–Crippen MR) is 51.5 cm³/mol. The lowest BCUT2D eigenvalue weighted by molar-refractivity contribution is 0.626. The van der Waals surface area contributed by atoms with Gasteiger partial charge in [-0.25, -0.2) is 0 Å². The number of hydrogen-bond acceptors (Lipinski definition) is 1. The van der Waals surface area contributed by atoms with E-state index in [2.05, 4.69) is 26.1 Å². The molecular formula is C9H25N. The van der Waals surface area contributed by atoms with Crippen LogP contribution in [0.1, 0.15) is 41.0 Å². The van der Waals surface area contributed by atoms with E-state index < -0.39 is 0 Å². The van der Waals surface area contributed by atoms with E-state index in [-0.39, 0.29) is 0 Å². The average molecular weight is 147 g/mol. The van der Waals surface area contributed by atoms with Crippen molar-refractivity contribution < 1.29 is 0 Å². The van der Waals surface area contributed by atoms with Gasteiger partial charge in [0.25, 0.3) is 0 Å². The Morgan fingerprint density at radius 1 is 1.10 bits per heavy atom. The summed E-state index contributed by atoms with van der Waals surface area (Å²) in [4.78, 5) is 0. The maximum Gasteiger partial charge on any atom is -0.0167 e. The van der Waals surface area contributed by atoms with Crippen molar-refractivity contribution in [3.05, 3.63) is 0 Å². The Labute approximate surface area is 67.2 Å². The van der Waals surface area contributed by atoms with Crippen LogP contribution >= 0.6 is 0 Å². The molecule has 10 heavy (non-hydrogen) atoms. The molecule has 1 nitrogen and oxygen atoms in total. The normalized spacial score (nSPS) is 7.20. The van der Waals surface area contributed by atoms with Crippen LogP contribution in [-0.4, -0.2) is 14.1 Å². The molecule has 1 N–H and O–H groups in total. The van der Waals surface area contributed by atoms with E-state index in [1.807, 2.05) is 27.9 Å². The van der Waals surface area contributed by atoms with Gasteiger partial charge in [0, 0.05) is 0 Å². The SMILES string of the molecule is CC.CCC(C)C.CNC. The zero-order chi connectivity index (χ0) is 8.99. The summed E-state index contributed by atoms with van der Waals surface area (Å²) in [5.41, 5.74) is 0. The molecule has 66 valence electrons. The van der Waals surface area contributed by atoms with E-state index in [1.165, 1.54) is 6.42 Å². The van der Waals surface area contributed by atoms with Crippen LogP contribution < -0.4 is 5.32 Å². The average Bonchev–Trinajstić information content (AvgIpc) is 1.94. The zero-order valence-corrected chi connectivity index (χ0v) is 8.78. The summed E-state index contributed by atoms with van der Waals surface area (Å²) >= 11 is 0. The molecule has 0 aliphatic carbocycles. The topological polar surface area (TPSA) is 12.0 Å². The molecule has 0 unspecified atom stereocenters. The van der Waals surface area contributed by atoms with Crippen molar-refractivity contribution in [2.24, 2.45) is 5.92 Å². The minimum absolute atomic E-state index is 0.884. The van der Waals surface area contributed by atoms with Crippen molar-refractivity contribution >= 4 is 0 Å². The maximum absolute atomic E-state index is 2.75. The van der Waals surface area contributed by atoms with E-state index in [1.54, 1.807) is 0 Å². The summed E-state index contributed by atoms with van der Waals surface area (Å²) in [6.45, 7) is 10.6. The lowest BCUT2D eigenvalue weighted by atomic mass is 10.2. The fourth-order valence-corrected chi connectivity index (χ4v) is 0. The molecule has 0 rings (SSSR count). The van der Waals surface area contributed by atoms with E-state index in [0.717, 1.165) is 5.92 Å². The highest BCUT2D eigenvalue weighted by Crippen LogP contribution is 1.93. The second-order valence-corrected chi connectivity index (χ2v) is 2.30. The van der Waals surface area contributed by atoms with E-state index in [9.17, 15) is 0 Å². The van der Waals surface area contributed by atoms with Crippen LogP contribution in [0.15, 0.2) is 0 Å². The Balaban J connectivity index is -0.0000000847. The minimum atomic E-state index is 0.884. The molecule has 0 atom stereocenters. The van der Waals surface area contributed by atoms with Gasteiger partial charge in [-0.05, 0) is 20.0 Å². The minimum Gasteiger partial charge on any atom is -0.323 e. The lowest BCUT2D eigenvalue weighted by Gasteiger charge is -1.90. The van der Waals surface area contributed by atoms with Crippen LogP contribution in [-0.2, 0) is 0 Å². The van der Waals surface area contributed by atoms with Gasteiger partial charge in [0.1, 0.15) is 0 Å². The van der Waals surface area contributed by atoms with Gasteiger partial charge in [-0.3, -0.25) is 0 Å². The lowest BCUT2D eigenvalue weighted by Crippen LogP contribution is -1.89. The summed E-state index contributed by atoms with van der Waals surface area (Å²) in [6, 6.07) is 0. The molecule has 0 fully saturated rings. The molecule has 0 heterocycles. The molecule has 0 aliphatic rings. The van der Waals surface area contributed by atoms with Gasteiger partial charge >= 0.3 is 0 Å². The molecule has 1 heteroatoms. The van der Waals surface area contributed by atoms with Gasteiger partial charge < -0.3 is 5.32 Å². The second-order valence-electron chi connectivity index (χ2n) is 2.30. The quantitative estimate of drug-likeness (QED) is 0.601. The molecule has 0 aromatic heterocycles. The Kier molecular flexibility index (Phi) is 38.1. The number of hydrogen-bond donors (Lipinski definition) is 1. The number of rotatable bonds is 1. The largest absolute Gasteiger partial charge is 0.323 e. The summed E-state index contributed by atoms with van der Waals surface area (Å²) in [6.07, 6.45) is 1.31. The van der Waals surface area contributed by atoms with E-state index >= 15 is 0 Å². The molecule has 0 saturated heterocycles. The third kappa shape index (κ3) is 100. The Hall–Kier alpha value is -0.0400. The molecule has 0 bridgehead atoms. The van der Waals surface area contributed by atoms with Crippen LogP contribution in [0.2, 0.25) is 0 Å². The highest BCUT2D eigenvalue weighted by atomic mass is 14.7. The van der Waals surface area contributed by atoms with Gasteiger partial charge in [-0.1, -0.05) is 41.0 Å². The summed E-state index contributed by atoms with van der Waals surface area (Å²) < 4.78 is 0. The molecule has 0 aromatic carbocycles. The van der Waals surface area contributed by atoms with Gasteiger partial charge in [-0.15, -0.1) is 0 Å². The Morgan fingerprint density at radius 3 is 1.20 bits per heavy atom. The van der Waals surface area contributed by atoms with Gasteiger partial charge in [-0.2, -0.15) is 0 Å². The molecule has 0 amide bonds. The first-order chi connectivity index (χ1) is 4.68. The molecule has 0 saturated carbocycles. The summed E-state index contributed by atoms with van der Waals surface area (Å²) in [5, 5.41) is 2.75. The summed E-state index contributed by atoms with van der Waals surface area (Å²) in [5.74, 6) is 0.884. The molecule has 0 aromatic rings. The predicted octanol–water partition coefficient (Wildman–Crippen LogP) is 2.91. The van der Waals surface area contributed by atoms with Gasteiger partial charge in [0.15, 0.2) is 0 Å². The molecular weight excluding hydrogens is 122 g/mol. The van der Waals surface area contributed by atoms with Crippen molar-refractivity contribution in [3.63, 3.8) is 0 Å². The van der Waals surface area contributed by atoms with Crippen molar-refractivity contribution in [3.8, 4) is 0 Å². The van der Waals surface area contributed by atoms with Crippen LogP contribution in [0, 0.1) is 5.92 Å². The number of nitrogens with one attached hydrogen (secondary N) is 1. The highest BCUT2D eigenvalue weighted by Gasteiger charge is 1.80. The Morgan fingerprint density at radius 2 is 1.20 bits per heavy atom. The molecule has 0 radical (unpaired) electrons. The van der Waals surface area contributed by atoms with Gasteiger partial charge in [0.2, 0.25) is 0 Å². The van der Waals surface area contributed by atoms with Crippen LogP contribution in [0.25, 0.3) is 0 Å². The molecule has 0 spiro atoms. The van der Waals surface area contributed by atoms with Gasteiger partial charge in [0.05, 0.1) is 0 Å². The van der Waals surface area contributed by atoms with Crippen molar-refractivity contribution in [1.82, 2.24) is 5.32 Å². The van der Waals surface area contributed by atoms with Crippen molar-refractivity contribution in [1.29, 1.82) is 0 Å². The fourth-order valence-electron chi connectivity index (χ4n) is 0. The molecule has 0 aliphatic heterocycles. The van der Waals surface area contributed by atoms with Crippen LogP contribution in [0.4, 0.5) is 0 Å². The van der Waals surface area contributed by atoms with Crippen molar-refractivity contribution in [2.75, 3.05) is 14.1 Å². The Bertz CT molecular complexity index is 25.9.